The minimum atomic E-state index is -1.12. The molecule has 2 heterocycles. The summed E-state index contributed by atoms with van der Waals surface area (Å²) in [6, 6.07) is 8.09. The number of ether oxygens (including phenoxy) is 2. The highest BCUT2D eigenvalue weighted by Crippen LogP contribution is 2.42. The fraction of sp³-hybridized carbons (Fsp3) is 0.467. The van der Waals surface area contributed by atoms with E-state index in [0.717, 1.165) is 11.1 Å². The van der Waals surface area contributed by atoms with Crippen molar-refractivity contribution in [2.75, 3.05) is 13.2 Å². The number of hydrogen-bond donors (Lipinski definition) is 1. The molecular formula is C30H37NO4. The Balaban J connectivity index is 1.79. The van der Waals surface area contributed by atoms with Crippen LogP contribution >= 0.6 is 0 Å². The van der Waals surface area contributed by atoms with Crippen LogP contribution in [0.25, 0.3) is 5.57 Å². The molecule has 1 aliphatic heterocycles. The molecule has 0 amide bonds. The summed E-state index contributed by atoms with van der Waals surface area (Å²) in [5, 5.41) is 10.3. The predicted molar refractivity (Wildman–Crippen MR) is 138 cm³/mol. The smallest absolute Gasteiger partial charge is 0.240 e. The largest absolute Gasteiger partial charge is 0.512 e. The molecule has 186 valence electrons. The van der Waals surface area contributed by atoms with Crippen LogP contribution in [0.15, 0.2) is 48.4 Å². The Hall–Kier alpha value is -2.76. The summed E-state index contributed by atoms with van der Waals surface area (Å²) in [5.74, 6) is -0.534. The second-order valence-corrected chi connectivity index (χ2v) is 10.7. The highest BCUT2D eigenvalue weighted by atomic mass is 16.7. The number of hydrogen-bond acceptors (Lipinski definition) is 5. The number of aromatic nitrogens is 1. The first kappa shape index (κ1) is 25.3. The molecule has 0 saturated carbocycles. The number of aryl methyl sites for hydroxylation is 2. The third-order valence-corrected chi connectivity index (χ3v) is 6.99. The maximum atomic E-state index is 12.4. The van der Waals surface area contributed by atoms with Gasteiger partial charge in [-0.2, -0.15) is 0 Å². The summed E-state index contributed by atoms with van der Waals surface area (Å²) in [6.07, 6.45) is 7.82. The standard InChI is InChI=1S/C30H37NO4/c1-19(2)12-13-29(5,6)23-17-24(21(4)16-20(23)3)30(34-14-15-35-30)27-11-10-22(18-31-27)28-25(32)8-7-9-26(28)33/h10-13,16-19,32H,7-9,14-15H2,1-6H3/b13-12-. The molecular weight excluding hydrogens is 438 g/mol. The maximum Gasteiger partial charge on any atom is 0.240 e. The molecule has 1 aromatic heterocycles. The molecule has 0 unspecified atom stereocenters. The monoisotopic (exact) mass is 475 g/mol. The van der Waals surface area contributed by atoms with Crippen LogP contribution in [-0.4, -0.2) is 29.1 Å². The zero-order valence-corrected chi connectivity index (χ0v) is 21.8. The van der Waals surface area contributed by atoms with Crippen molar-refractivity contribution in [2.24, 2.45) is 5.92 Å². The van der Waals surface area contributed by atoms with Gasteiger partial charge in [-0.05, 0) is 55.0 Å². The van der Waals surface area contributed by atoms with E-state index in [-0.39, 0.29) is 17.0 Å². The van der Waals surface area contributed by atoms with E-state index in [1.165, 1.54) is 11.1 Å². The lowest BCUT2D eigenvalue weighted by molar-refractivity contribution is -0.133. The van der Waals surface area contributed by atoms with Crippen molar-refractivity contribution in [1.82, 2.24) is 4.98 Å². The average Bonchev–Trinajstić information content (AvgIpc) is 3.29. The van der Waals surface area contributed by atoms with Crippen molar-refractivity contribution < 1.29 is 19.4 Å². The zero-order chi connectivity index (χ0) is 25.4. The molecule has 0 radical (unpaired) electrons. The number of nitrogens with zero attached hydrogens (tertiary/aromatic N) is 1. The molecule has 1 fully saturated rings. The number of rotatable bonds is 6. The SMILES string of the molecule is Cc1cc(C)c(C2(c3ccc(C4=C(O)CCCC4=O)cn3)OCCO2)cc1C(C)(C)/C=C\C(C)C. The molecule has 1 N–H and O–H groups in total. The first-order valence-electron chi connectivity index (χ1n) is 12.6. The Morgan fingerprint density at radius 3 is 2.40 bits per heavy atom. The molecule has 2 aliphatic rings. The fourth-order valence-electron chi connectivity index (χ4n) is 5.17. The third-order valence-electron chi connectivity index (χ3n) is 6.99. The van der Waals surface area contributed by atoms with Crippen molar-refractivity contribution in [1.29, 1.82) is 0 Å². The van der Waals surface area contributed by atoms with Gasteiger partial charge in [0.15, 0.2) is 5.78 Å². The van der Waals surface area contributed by atoms with Gasteiger partial charge in [0.05, 0.1) is 18.8 Å². The highest BCUT2D eigenvalue weighted by molar-refractivity contribution is 6.21. The lowest BCUT2D eigenvalue weighted by Crippen LogP contribution is -2.32. The fourth-order valence-corrected chi connectivity index (χ4v) is 5.17. The molecule has 1 aromatic carbocycles. The van der Waals surface area contributed by atoms with Gasteiger partial charge in [0.2, 0.25) is 5.79 Å². The Labute approximate surface area is 208 Å². The Bertz CT molecular complexity index is 1170. The van der Waals surface area contributed by atoms with E-state index in [1.807, 2.05) is 12.1 Å². The lowest BCUT2D eigenvalue weighted by Gasteiger charge is -2.32. The van der Waals surface area contributed by atoms with E-state index >= 15 is 0 Å². The van der Waals surface area contributed by atoms with Crippen LogP contribution in [0.4, 0.5) is 0 Å². The maximum absolute atomic E-state index is 12.4. The van der Waals surface area contributed by atoms with Gasteiger partial charge in [-0.1, -0.05) is 52.0 Å². The number of ketones is 1. The van der Waals surface area contributed by atoms with Crippen LogP contribution in [0.3, 0.4) is 0 Å². The van der Waals surface area contributed by atoms with E-state index in [4.69, 9.17) is 14.5 Å². The third kappa shape index (κ3) is 4.85. The van der Waals surface area contributed by atoms with Gasteiger partial charge in [-0.25, -0.2) is 0 Å². The summed E-state index contributed by atoms with van der Waals surface area (Å²) in [5.41, 5.74) is 5.93. The topological polar surface area (TPSA) is 68.7 Å². The summed E-state index contributed by atoms with van der Waals surface area (Å²) < 4.78 is 12.6. The normalized spacial score (nSPS) is 18.8. The minimum absolute atomic E-state index is 0.0397. The number of aliphatic hydroxyl groups excluding tert-OH is 1. The van der Waals surface area contributed by atoms with Crippen LogP contribution in [0.2, 0.25) is 0 Å². The molecule has 0 atom stereocenters. The second kappa shape index (κ2) is 9.71. The number of Topliss-reactive ketones (excluding diaryl/α,β-unsaturated/α-hetero) is 1. The summed E-state index contributed by atoms with van der Waals surface area (Å²) in [7, 11) is 0. The van der Waals surface area contributed by atoms with Gasteiger partial charge in [0, 0.05) is 35.6 Å². The molecule has 0 bridgehead atoms. The van der Waals surface area contributed by atoms with E-state index in [2.05, 4.69) is 65.8 Å². The van der Waals surface area contributed by atoms with Crippen molar-refractivity contribution in [3.05, 3.63) is 81.9 Å². The van der Waals surface area contributed by atoms with Crippen LogP contribution in [0.5, 0.6) is 0 Å². The van der Waals surface area contributed by atoms with Gasteiger partial charge in [0.25, 0.3) is 0 Å². The number of benzene rings is 1. The van der Waals surface area contributed by atoms with E-state index < -0.39 is 5.79 Å². The molecule has 1 aliphatic carbocycles. The summed E-state index contributed by atoms with van der Waals surface area (Å²) in [6.45, 7) is 14.0. The second-order valence-electron chi connectivity index (χ2n) is 10.7. The molecule has 4 rings (SSSR count). The predicted octanol–water partition coefficient (Wildman–Crippen LogP) is 6.46. The average molecular weight is 476 g/mol. The van der Waals surface area contributed by atoms with Crippen LogP contribution in [0, 0.1) is 19.8 Å². The van der Waals surface area contributed by atoms with Crippen molar-refractivity contribution in [3.63, 3.8) is 0 Å². The van der Waals surface area contributed by atoms with E-state index in [9.17, 15) is 9.90 Å². The molecule has 5 heteroatoms. The lowest BCUT2D eigenvalue weighted by atomic mass is 9.78. The van der Waals surface area contributed by atoms with Gasteiger partial charge in [0.1, 0.15) is 11.5 Å². The Morgan fingerprint density at radius 1 is 1.09 bits per heavy atom. The number of carbonyl (C=O) groups is 1. The molecule has 0 spiro atoms. The summed E-state index contributed by atoms with van der Waals surface area (Å²) in [4.78, 5) is 17.1. The molecule has 1 saturated heterocycles. The van der Waals surface area contributed by atoms with Crippen molar-refractivity contribution in [3.8, 4) is 0 Å². The van der Waals surface area contributed by atoms with Gasteiger partial charge < -0.3 is 14.6 Å². The molecule has 35 heavy (non-hydrogen) atoms. The number of allylic oxidation sites excluding steroid dienone is 4. The van der Waals surface area contributed by atoms with Gasteiger partial charge in [-0.15, -0.1) is 0 Å². The van der Waals surface area contributed by atoms with Crippen LogP contribution < -0.4 is 0 Å². The number of pyridine rings is 1. The summed E-state index contributed by atoms with van der Waals surface area (Å²) >= 11 is 0. The molecule has 5 nitrogen and oxygen atoms in total. The van der Waals surface area contributed by atoms with E-state index in [0.29, 0.717) is 55.2 Å². The highest BCUT2D eigenvalue weighted by Gasteiger charge is 2.44. The number of carbonyl (C=O) groups excluding carboxylic acids is 1. The zero-order valence-electron chi connectivity index (χ0n) is 21.8. The quantitative estimate of drug-likeness (QED) is 0.486. The van der Waals surface area contributed by atoms with Crippen LogP contribution in [0.1, 0.15) is 80.5 Å². The van der Waals surface area contributed by atoms with Crippen LogP contribution in [-0.2, 0) is 25.5 Å². The first-order valence-corrected chi connectivity index (χ1v) is 12.6. The molecule has 2 aromatic rings. The first-order chi connectivity index (χ1) is 16.5. The van der Waals surface area contributed by atoms with E-state index in [1.54, 1.807) is 6.20 Å². The minimum Gasteiger partial charge on any atom is -0.512 e. The Morgan fingerprint density at radius 2 is 1.80 bits per heavy atom. The van der Waals surface area contributed by atoms with Gasteiger partial charge >= 0.3 is 0 Å². The van der Waals surface area contributed by atoms with Crippen molar-refractivity contribution in [2.45, 2.75) is 72.0 Å². The van der Waals surface area contributed by atoms with Gasteiger partial charge in [-0.3, -0.25) is 9.78 Å². The number of aliphatic hydroxyl groups is 1. The Kier molecular flexibility index (Phi) is 7.03. The van der Waals surface area contributed by atoms with Crippen molar-refractivity contribution >= 4 is 11.4 Å².